The molecule has 3 heteroatoms. The number of allylic oxidation sites excluding steroid dienone is 2. The predicted molar refractivity (Wildman–Crippen MR) is 50.1 cm³/mol. The van der Waals surface area contributed by atoms with E-state index in [1.807, 2.05) is 6.92 Å². The molecule has 70 valence electrons. The van der Waals surface area contributed by atoms with Crippen LogP contribution in [0.1, 0.15) is 44.9 Å². The molecule has 0 saturated carbocycles. The Kier molecular flexibility index (Phi) is 2.17. The van der Waals surface area contributed by atoms with E-state index < -0.39 is 0 Å². The lowest BCUT2D eigenvalue weighted by Crippen LogP contribution is -1.82. The van der Waals surface area contributed by atoms with Crippen molar-refractivity contribution in [1.29, 1.82) is 0 Å². The first kappa shape index (κ1) is 8.48. The highest BCUT2D eigenvalue weighted by molar-refractivity contribution is 5.63. The zero-order chi connectivity index (χ0) is 9.26. The number of nitrogens with zero attached hydrogens (tertiary/aromatic N) is 2. The first-order chi connectivity index (χ1) is 6.31. The molecule has 1 aromatic rings. The van der Waals surface area contributed by atoms with Crippen LogP contribution in [0.25, 0.3) is 5.57 Å². The molecule has 0 saturated heterocycles. The lowest BCUT2D eigenvalue weighted by Gasteiger charge is -1.94. The molecule has 0 radical (unpaired) electrons. The van der Waals surface area contributed by atoms with Gasteiger partial charge in [-0.1, -0.05) is 12.5 Å². The summed E-state index contributed by atoms with van der Waals surface area (Å²) in [5.74, 6) is 1.48. The number of aromatic nitrogens is 2. The second-order valence-corrected chi connectivity index (χ2v) is 3.47. The molecule has 1 aliphatic rings. The summed E-state index contributed by atoms with van der Waals surface area (Å²) in [6, 6.07) is 0. The predicted octanol–water partition coefficient (Wildman–Crippen LogP) is 2.59. The van der Waals surface area contributed by atoms with Crippen LogP contribution in [0.15, 0.2) is 9.99 Å². The second kappa shape index (κ2) is 3.32. The maximum Gasteiger partial charge on any atom is 0.243 e. The largest absolute Gasteiger partial charge is 0.421 e. The highest BCUT2D eigenvalue weighted by Gasteiger charge is 2.17. The zero-order valence-corrected chi connectivity index (χ0v) is 8.13. The molecule has 0 aromatic carbocycles. The van der Waals surface area contributed by atoms with Crippen molar-refractivity contribution in [2.45, 2.75) is 39.5 Å². The lowest BCUT2D eigenvalue weighted by molar-refractivity contribution is 0.487. The monoisotopic (exact) mass is 178 g/mol. The molecule has 0 atom stereocenters. The molecule has 1 aliphatic carbocycles. The van der Waals surface area contributed by atoms with Gasteiger partial charge in [0.05, 0.1) is 0 Å². The van der Waals surface area contributed by atoms with E-state index in [0.717, 1.165) is 24.6 Å². The third kappa shape index (κ3) is 1.50. The normalized spacial score (nSPS) is 17.1. The molecule has 1 heterocycles. The van der Waals surface area contributed by atoms with Crippen LogP contribution in [0.5, 0.6) is 0 Å². The van der Waals surface area contributed by atoms with Gasteiger partial charge in [-0.15, -0.1) is 10.2 Å². The number of aryl methyl sites for hydroxylation is 1. The van der Waals surface area contributed by atoms with Gasteiger partial charge in [0, 0.05) is 12.0 Å². The molecule has 0 aliphatic heterocycles. The zero-order valence-electron chi connectivity index (χ0n) is 8.13. The van der Waals surface area contributed by atoms with E-state index in [9.17, 15) is 0 Å². The highest BCUT2D eigenvalue weighted by atomic mass is 16.4. The Morgan fingerprint density at radius 1 is 1.31 bits per heavy atom. The van der Waals surface area contributed by atoms with Crippen LogP contribution in [-0.2, 0) is 6.42 Å². The minimum Gasteiger partial charge on any atom is -0.421 e. The fourth-order valence-corrected chi connectivity index (χ4v) is 1.70. The Labute approximate surface area is 77.9 Å². The fourth-order valence-electron chi connectivity index (χ4n) is 1.70. The van der Waals surface area contributed by atoms with Gasteiger partial charge in [-0.25, -0.2) is 0 Å². The highest BCUT2D eigenvalue weighted by Crippen LogP contribution is 2.32. The molecular weight excluding hydrogens is 164 g/mol. The van der Waals surface area contributed by atoms with Crippen molar-refractivity contribution in [3.8, 4) is 0 Å². The van der Waals surface area contributed by atoms with E-state index in [4.69, 9.17) is 4.42 Å². The Hall–Kier alpha value is -1.12. The van der Waals surface area contributed by atoms with Gasteiger partial charge in [0.25, 0.3) is 0 Å². The van der Waals surface area contributed by atoms with Gasteiger partial charge in [-0.05, 0) is 26.2 Å². The van der Waals surface area contributed by atoms with Crippen LogP contribution in [0.2, 0.25) is 0 Å². The molecule has 1 aromatic heterocycles. The van der Waals surface area contributed by atoms with Crippen LogP contribution >= 0.6 is 0 Å². The fraction of sp³-hybridized carbons (Fsp3) is 0.600. The van der Waals surface area contributed by atoms with Crippen molar-refractivity contribution < 1.29 is 4.42 Å². The van der Waals surface area contributed by atoms with E-state index in [-0.39, 0.29) is 0 Å². The summed E-state index contributed by atoms with van der Waals surface area (Å²) in [4.78, 5) is 0. The molecule has 3 nitrogen and oxygen atoms in total. The Morgan fingerprint density at radius 2 is 2.15 bits per heavy atom. The second-order valence-electron chi connectivity index (χ2n) is 3.47. The van der Waals surface area contributed by atoms with Crippen molar-refractivity contribution in [2.75, 3.05) is 0 Å². The SMILES string of the molecule is CCc1nnc(C2=C(C)CCC2)o1. The van der Waals surface area contributed by atoms with Crippen molar-refractivity contribution in [2.24, 2.45) is 0 Å². The van der Waals surface area contributed by atoms with Gasteiger partial charge in [-0.3, -0.25) is 0 Å². The summed E-state index contributed by atoms with van der Waals surface area (Å²) in [6.07, 6.45) is 4.32. The first-order valence-corrected chi connectivity index (χ1v) is 4.82. The van der Waals surface area contributed by atoms with Crippen molar-refractivity contribution >= 4 is 5.57 Å². The van der Waals surface area contributed by atoms with E-state index in [1.54, 1.807) is 0 Å². The smallest absolute Gasteiger partial charge is 0.243 e. The van der Waals surface area contributed by atoms with Gasteiger partial charge in [0.2, 0.25) is 11.8 Å². The van der Waals surface area contributed by atoms with Crippen molar-refractivity contribution in [3.05, 3.63) is 17.4 Å². The first-order valence-electron chi connectivity index (χ1n) is 4.82. The Morgan fingerprint density at radius 3 is 2.69 bits per heavy atom. The molecule has 2 rings (SSSR count). The summed E-state index contributed by atoms with van der Waals surface area (Å²) in [5, 5.41) is 8.01. The van der Waals surface area contributed by atoms with Gasteiger partial charge >= 0.3 is 0 Å². The maximum absolute atomic E-state index is 5.51. The summed E-state index contributed by atoms with van der Waals surface area (Å²) >= 11 is 0. The summed E-state index contributed by atoms with van der Waals surface area (Å²) in [7, 11) is 0. The summed E-state index contributed by atoms with van der Waals surface area (Å²) in [6.45, 7) is 4.17. The van der Waals surface area contributed by atoms with Crippen LogP contribution in [-0.4, -0.2) is 10.2 Å². The molecule has 0 unspecified atom stereocenters. The Balaban J connectivity index is 2.30. The quantitative estimate of drug-likeness (QED) is 0.698. The minimum absolute atomic E-state index is 0.738. The molecule has 0 bridgehead atoms. The molecule has 13 heavy (non-hydrogen) atoms. The summed E-state index contributed by atoms with van der Waals surface area (Å²) < 4.78 is 5.51. The van der Waals surface area contributed by atoms with Crippen molar-refractivity contribution in [3.63, 3.8) is 0 Å². The van der Waals surface area contributed by atoms with E-state index in [0.29, 0.717) is 0 Å². The minimum atomic E-state index is 0.738. The topological polar surface area (TPSA) is 38.9 Å². The molecule has 0 N–H and O–H groups in total. The van der Waals surface area contributed by atoms with Crippen LogP contribution < -0.4 is 0 Å². The van der Waals surface area contributed by atoms with Gasteiger partial charge < -0.3 is 4.42 Å². The summed E-state index contributed by atoms with van der Waals surface area (Å²) in [5.41, 5.74) is 2.68. The average Bonchev–Trinajstić information content (AvgIpc) is 2.71. The molecule has 0 fully saturated rings. The van der Waals surface area contributed by atoms with Crippen LogP contribution in [0.3, 0.4) is 0 Å². The number of hydrogen-bond donors (Lipinski definition) is 0. The third-order valence-electron chi connectivity index (χ3n) is 2.52. The average molecular weight is 178 g/mol. The van der Waals surface area contributed by atoms with E-state index in [2.05, 4.69) is 17.1 Å². The number of hydrogen-bond acceptors (Lipinski definition) is 3. The molecular formula is C10H14N2O. The third-order valence-corrected chi connectivity index (χ3v) is 2.52. The Bertz CT molecular complexity index is 338. The van der Waals surface area contributed by atoms with E-state index in [1.165, 1.54) is 24.0 Å². The van der Waals surface area contributed by atoms with Crippen LogP contribution in [0, 0.1) is 0 Å². The van der Waals surface area contributed by atoms with Crippen LogP contribution in [0.4, 0.5) is 0 Å². The van der Waals surface area contributed by atoms with E-state index >= 15 is 0 Å². The standard InChI is InChI=1S/C10H14N2O/c1-3-9-11-12-10(13-9)8-6-4-5-7(8)2/h3-6H2,1-2H3. The van der Waals surface area contributed by atoms with Gasteiger partial charge in [0.1, 0.15) is 0 Å². The molecule has 0 spiro atoms. The molecule has 0 amide bonds. The van der Waals surface area contributed by atoms with Gasteiger partial charge in [0.15, 0.2) is 0 Å². The van der Waals surface area contributed by atoms with Crippen molar-refractivity contribution in [1.82, 2.24) is 10.2 Å². The number of rotatable bonds is 2. The maximum atomic E-state index is 5.51. The lowest BCUT2D eigenvalue weighted by atomic mass is 10.2. The van der Waals surface area contributed by atoms with Gasteiger partial charge in [-0.2, -0.15) is 0 Å².